The number of sulfonamides is 1. The van der Waals surface area contributed by atoms with Gasteiger partial charge in [-0.15, -0.1) is 0 Å². The normalized spacial score (nSPS) is 23.5. The molecule has 1 aliphatic heterocycles. The van der Waals surface area contributed by atoms with Crippen LogP contribution in [-0.4, -0.2) is 70.9 Å². The molecule has 3 aromatic rings. The Hall–Kier alpha value is -4.53. The number of aromatic nitrogens is 3. The summed E-state index contributed by atoms with van der Waals surface area (Å²) in [5, 5.41) is 10.5. The molecule has 2 aliphatic carbocycles. The number of halogens is 1. The van der Waals surface area contributed by atoms with Crippen LogP contribution in [-0.2, 0) is 24.4 Å². The van der Waals surface area contributed by atoms with Crippen LogP contribution in [0, 0.1) is 11.7 Å². The highest BCUT2D eigenvalue weighted by molar-refractivity contribution is 7.91. The van der Waals surface area contributed by atoms with E-state index in [1.165, 1.54) is 17.9 Å². The summed E-state index contributed by atoms with van der Waals surface area (Å²) in [7, 11) is -2.59. The van der Waals surface area contributed by atoms with Crippen molar-refractivity contribution in [2.75, 3.05) is 13.7 Å². The van der Waals surface area contributed by atoms with E-state index in [0.29, 0.717) is 30.5 Å². The Labute approximate surface area is 296 Å². The van der Waals surface area contributed by atoms with E-state index in [1.807, 2.05) is 32.1 Å². The highest BCUT2D eigenvalue weighted by Crippen LogP contribution is 2.47. The number of nitrogens with zero attached hydrogens (tertiary/aromatic N) is 3. The molecule has 0 bridgehead atoms. The average molecular weight is 725 g/mol. The second-order valence-corrected chi connectivity index (χ2v) is 16.4. The number of pyridine rings is 1. The largest absolute Gasteiger partial charge is 0.494 e. The Bertz CT molecular complexity index is 1980. The average Bonchev–Trinajstić information content (AvgIpc) is 3.95. The number of methoxy groups -OCH3 is 1. The summed E-state index contributed by atoms with van der Waals surface area (Å²) in [5.41, 5.74) is -0.658. The van der Waals surface area contributed by atoms with Gasteiger partial charge in [0.1, 0.15) is 22.8 Å². The molecular weight excluding hydrogens is 679 g/mol. The fourth-order valence-corrected chi connectivity index (χ4v) is 7.55. The molecule has 0 unspecified atom stereocenters. The maximum atomic E-state index is 15.5. The van der Waals surface area contributed by atoms with Gasteiger partial charge in [0, 0.05) is 36.4 Å². The second-order valence-electron chi connectivity index (χ2n) is 14.2. The highest BCUT2D eigenvalue weighted by atomic mass is 32.2. The lowest BCUT2D eigenvalue weighted by atomic mass is 10.1. The Morgan fingerprint density at radius 1 is 1.16 bits per heavy atom. The zero-order chi connectivity index (χ0) is 36.6. The molecule has 2 fully saturated rings. The molecule has 15 heteroatoms. The number of carbonyl (C=O) groups excluding carboxylic acids is 3. The van der Waals surface area contributed by atoms with Gasteiger partial charge in [-0.25, -0.2) is 22.5 Å². The number of fused-ring (bicyclic) bond motifs is 2. The van der Waals surface area contributed by atoms with Gasteiger partial charge in [0.15, 0.2) is 17.4 Å². The third-order valence-corrected chi connectivity index (χ3v) is 12.2. The first-order chi connectivity index (χ1) is 24.3. The molecule has 51 heavy (non-hydrogen) atoms. The van der Waals surface area contributed by atoms with Crippen LogP contribution in [0.15, 0.2) is 42.6 Å². The van der Waals surface area contributed by atoms with Crippen LogP contribution in [0.3, 0.4) is 0 Å². The Kier molecular flexibility index (Phi) is 10.1. The van der Waals surface area contributed by atoms with Gasteiger partial charge in [-0.1, -0.05) is 32.4 Å². The monoisotopic (exact) mass is 724 g/mol. The first-order valence-electron chi connectivity index (χ1n) is 17.5. The van der Waals surface area contributed by atoms with Crippen molar-refractivity contribution in [1.82, 2.24) is 30.1 Å². The van der Waals surface area contributed by atoms with Crippen LogP contribution in [0.4, 0.5) is 4.39 Å². The van der Waals surface area contributed by atoms with Crippen LogP contribution in [0.5, 0.6) is 11.5 Å². The molecule has 1 aromatic carbocycles. The predicted molar refractivity (Wildman–Crippen MR) is 187 cm³/mol. The molecule has 2 aromatic heterocycles. The van der Waals surface area contributed by atoms with Crippen molar-refractivity contribution < 1.29 is 36.7 Å². The van der Waals surface area contributed by atoms with Crippen LogP contribution in [0.2, 0.25) is 0 Å². The smallest absolute Gasteiger partial charge is 0.259 e. The van der Waals surface area contributed by atoms with E-state index in [4.69, 9.17) is 9.47 Å². The van der Waals surface area contributed by atoms with E-state index < -0.39 is 49.9 Å². The Morgan fingerprint density at radius 3 is 2.65 bits per heavy atom. The van der Waals surface area contributed by atoms with Crippen LogP contribution in [0.1, 0.15) is 90.2 Å². The zero-order valence-corrected chi connectivity index (χ0v) is 30.1. The molecule has 0 saturated heterocycles. The molecule has 2 saturated carbocycles. The van der Waals surface area contributed by atoms with Crippen molar-refractivity contribution in [3.63, 3.8) is 0 Å². The molecule has 3 amide bonds. The van der Waals surface area contributed by atoms with Gasteiger partial charge in [0.25, 0.3) is 5.91 Å². The standard InChI is InChI=1S/C36H45FN6O7S/c1-22(2)25-14-18-43(41-25)29-20-28(24-12-13-27(49-4)31(37)32(24)39-29)50-19-15-26-33(45)40-36(34(46)42-51(47,48)35(3)16-17-35)21-23(36)10-8-6-5-7-9-11-30(44)38-26/h8,10,12-14,18,20,22-23,26H,5-7,9,11,15-17,19,21H2,1-4H3,(H,38,44)(H,40,45)(H,42,46)/t23-,26+,36-/m1/s1. The van der Waals surface area contributed by atoms with E-state index >= 15 is 4.39 Å². The topological polar surface area (TPSA) is 171 Å². The fourth-order valence-electron chi connectivity index (χ4n) is 6.24. The molecule has 6 rings (SSSR count). The number of hydrogen-bond acceptors (Lipinski definition) is 9. The van der Waals surface area contributed by atoms with E-state index in [2.05, 4.69) is 25.4 Å². The molecule has 3 aliphatic rings. The number of benzene rings is 1. The molecule has 0 spiro atoms. The summed E-state index contributed by atoms with van der Waals surface area (Å²) in [6.07, 6.45) is 9.87. The van der Waals surface area contributed by atoms with Gasteiger partial charge in [0.2, 0.25) is 21.8 Å². The molecular formula is C36H45FN6O7S. The molecule has 3 N–H and O–H groups in total. The van der Waals surface area contributed by atoms with Crippen LogP contribution < -0.4 is 24.8 Å². The lowest BCUT2D eigenvalue weighted by Gasteiger charge is -2.24. The first-order valence-corrected chi connectivity index (χ1v) is 19.0. The number of rotatable bonds is 10. The summed E-state index contributed by atoms with van der Waals surface area (Å²) in [4.78, 5) is 45.0. The lowest BCUT2D eigenvalue weighted by Crippen LogP contribution is -2.57. The van der Waals surface area contributed by atoms with Crippen molar-refractivity contribution in [3.8, 4) is 17.3 Å². The van der Waals surface area contributed by atoms with Crippen LogP contribution >= 0.6 is 0 Å². The van der Waals surface area contributed by atoms with Crippen molar-refractivity contribution in [1.29, 1.82) is 0 Å². The number of amides is 3. The van der Waals surface area contributed by atoms with Gasteiger partial charge in [0.05, 0.1) is 24.2 Å². The number of allylic oxidation sites excluding steroid dienone is 1. The SMILES string of the molecule is COc1ccc2c(OCC[C@@H]3NC(=O)CCCCCC=C[C@@H]4C[C@@]4(C(=O)NS(=O)(=O)C4(C)CC4)NC3=O)cc(-n3ccc(C(C)C)n3)nc2c1F. The summed E-state index contributed by atoms with van der Waals surface area (Å²) >= 11 is 0. The second kappa shape index (κ2) is 14.2. The minimum atomic E-state index is -3.96. The third kappa shape index (κ3) is 7.58. The van der Waals surface area contributed by atoms with Gasteiger partial charge < -0.3 is 20.1 Å². The molecule has 3 heterocycles. The summed E-state index contributed by atoms with van der Waals surface area (Å²) in [5.74, 6) is -2.12. The number of carbonyl (C=O) groups is 3. The van der Waals surface area contributed by atoms with Crippen molar-refractivity contribution in [2.45, 2.75) is 101 Å². The molecule has 0 radical (unpaired) electrons. The summed E-state index contributed by atoms with van der Waals surface area (Å²) in [6, 6.07) is 5.45. The van der Waals surface area contributed by atoms with Gasteiger partial charge in [-0.2, -0.15) is 5.10 Å². The van der Waals surface area contributed by atoms with E-state index in [-0.39, 0.29) is 54.7 Å². The van der Waals surface area contributed by atoms with E-state index in [9.17, 15) is 22.8 Å². The van der Waals surface area contributed by atoms with Gasteiger partial charge in [-0.3, -0.25) is 19.1 Å². The third-order valence-electron chi connectivity index (χ3n) is 10.0. The summed E-state index contributed by atoms with van der Waals surface area (Å²) < 4.78 is 55.6. The van der Waals surface area contributed by atoms with Gasteiger partial charge in [-0.05, 0) is 69.6 Å². The maximum Gasteiger partial charge on any atom is 0.259 e. The van der Waals surface area contributed by atoms with Crippen molar-refractivity contribution in [3.05, 3.63) is 54.1 Å². The number of hydrogen-bond donors (Lipinski definition) is 3. The highest BCUT2D eigenvalue weighted by Gasteiger charge is 2.62. The minimum absolute atomic E-state index is 0.00303. The predicted octanol–water partition coefficient (Wildman–Crippen LogP) is 4.34. The minimum Gasteiger partial charge on any atom is -0.494 e. The van der Waals surface area contributed by atoms with Crippen LogP contribution in [0.25, 0.3) is 16.7 Å². The Morgan fingerprint density at radius 2 is 1.94 bits per heavy atom. The Balaban J connectivity index is 1.25. The fraction of sp³-hybridized carbons (Fsp3) is 0.528. The van der Waals surface area contributed by atoms with Crippen molar-refractivity contribution in [2.24, 2.45) is 5.92 Å². The molecule has 13 nitrogen and oxygen atoms in total. The van der Waals surface area contributed by atoms with Crippen molar-refractivity contribution >= 4 is 38.6 Å². The van der Waals surface area contributed by atoms with E-state index in [1.54, 1.807) is 25.3 Å². The summed E-state index contributed by atoms with van der Waals surface area (Å²) in [6.45, 7) is 5.51. The molecule has 3 atom stereocenters. The van der Waals surface area contributed by atoms with Gasteiger partial charge >= 0.3 is 0 Å². The first kappa shape index (κ1) is 36.3. The lowest BCUT2D eigenvalue weighted by molar-refractivity contribution is -0.132. The quantitative estimate of drug-likeness (QED) is 0.258. The number of ether oxygens (including phenoxy) is 2. The zero-order valence-electron chi connectivity index (χ0n) is 29.3. The maximum absolute atomic E-state index is 15.5. The number of nitrogens with one attached hydrogen (secondary N) is 3. The molecule has 274 valence electrons. The van der Waals surface area contributed by atoms with E-state index in [0.717, 1.165) is 25.0 Å².